The molecular formula is C7H9N2O2S-. The van der Waals surface area contributed by atoms with Crippen molar-refractivity contribution in [3.63, 3.8) is 0 Å². The van der Waals surface area contributed by atoms with Crippen LogP contribution < -0.4 is 10.0 Å². The van der Waals surface area contributed by atoms with Crippen LogP contribution in [-0.4, -0.2) is 15.8 Å². The first-order valence-corrected chi connectivity index (χ1v) is 4.43. The highest BCUT2D eigenvalue weighted by Gasteiger charge is 1.90. The highest BCUT2D eigenvalue weighted by Crippen LogP contribution is 2.12. The molecule has 2 N–H and O–H groups in total. The maximum Gasteiger partial charge on any atom is 0.0453 e. The van der Waals surface area contributed by atoms with Gasteiger partial charge in [0.1, 0.15) is 0 Å². The summed E-state index contributed by atoms with van der Waals surface area (Å²) in [6.45, 7) is 0. The SMILES string of the molecule is CNc1ccc(NS(=O)[O-])cc1. The number of nitrogens with one attached hydrogen (secondary N) is 2. The van der Waals surface area contributed by atoms with E-state index in [1.807, 2.05) is 0 Å². The number of hydrogen-bond acceptors (Lipinski definition) is 3. The third-order valence-corrected chi connectivity index (χ3v) is 1.78. The highest BCUT2D eigenvalue weighted by molar-refractivity contribution is 7.80. The molecule has 0 aliphatic heterocycles. The van der Waals surface area contributed by atoms with Crippen molar-refractivity contribution in [1.29, 1.82) is 0 Å². The Bertz CT molecular complexity index is 273. The van der Waals surface area contributed by atoms with E-state index in [1.54, 1.807) is 31.3 Å². The van der Waals surface area contributed by atoms with Crippen LogP contribution in [0.25, 0.3) is 0 Å². The Kier molecular flexibility index (Phi) is 3.07. The Hall–Kier alpha value is -1.07. The van der Waals surface area contributed by atoms with Crippen molar-refractivity contribution in [3.05, 3.63) is 24.3 Å². The number of hydrogen-bond donors (Lipinski definition) is 2. The minimum Gasteiger partial charge on any atom is -0.755 e. The summed E-state index contributed by atoms with van der Waals surface area (Å²) in [5, 5.41) is 2.93. The molecule has 5 heteroatoms. The van der Waals surface area contributed by atoms with E-state index >= 15 is 0 Å². The summed E-state index contributed by atoms with van der Waals surface area (Å²) < 4.78 is 22.6. The summed E-state index contributed by atoms with van der Waals surface area (Å²) in [5.74, 6) is 0. The highest BCUT2D eigenvalue weighted by atomic mass is 32.2. The van der Waals surface area contributed by atoms with Crippen molar-refractivity contribution in [1.82, 2.24) is 0 Å². The molecule has 0 aromatic heterocycles. The summed E-state index contributed by atoms with van der Waals surface area (Å²) in [6, 6.07) is 6.94. The van der Waals surface area contributed by atoms with Gasteiger partial charge in [0.25, 0.3) is 0 Å². The maximum atomic E-state index is 10.2. The van der Waals surface area contributed by atoms with Crippen LogP contribution in [0, 0.1) is 0 Å². The quantitative estimate of drug-likeness (QED) is 0.689. The van der Waals surface area contributed by atoms with Gasteiger partial charge in [0, 0.05) is 29.7 Å². The molecule has 1 aromatic carbocycles. The Labute approximate surface area is 73.4 Å². The molecule has 1 rings (SSSR count). The molecule has 0 fully saturated rings. The summed E-state index contributed by atoms with van der Waals surface area (Å²) in [6.07, 6.45) is 0. The van der Waals surface area contributed by atoms with Gasteiger partial charge in [0.15, 0.2) is 0 Å². The zero-order valence-electron chi connectivity index (χ0n) is 6.53. The molecule has 0 aliphatic rings. The molecule has 1 unspecified atom stereocenters. The van der Waals surface area contributed by atoms with Crippen molar-refractivity contribution >= 4 is 22.6 Å². The van der Waals surface area contributed by atoms with Crippen molar-refractivity contribution in [2.24, 2.45) is 0 Å². The van der Waals surface area contributed by atoms with Crippen LogP contribution >= 0.6 is 0 Å². The molecule has 0 bridgehead atoms. The first-order valence-electron chi connectivity index (χ1n) is 3.36. The van der Waals surface area contributed by atoms with E-state index in [-0.39, 0.29) is 0 Å². The van der Waals surface area contributed by atoms with Crippen molar-refractivity contribution < 1.29 is 8.76 Å². The molecule has 0 aliphatic carbocycles. The maximum absolute atomic E-state index is 10.2. The second kappa shape index (κ2) is 4.08. The fourth-order valence-corrected chi connectivity index (χ4v) is 1.13. The Balaban J connectivity index is 2.71. The van der Waals surface area contributed by atoms with E-state index < -0.39 is 11.3 Å². The predicted octanol–water partition coefficient (Wildman–Crippen LogP) is 0.934. The summed E-state index contributed by atoms with van der Waals surface area (Å²) in [5.41, 5.74) is 1.50. The standard InChI is InChI=1S/C7H10N2O2S/c1-8-6-2-4-7(5-3-6)9-12(10)11/h2-5,8-9H,1H3,(H,10,11)/p-1. The third kappa shape index (κ3) is 2.52. The van der Waals surface area contributed by atoms with Gasteiger partial charge in [-0.15, -0.1) is 0 Å². The molecule has 0 radical (unpaired) electrons. The van der Waals surface area contributed by atoms with Gasteiger partial charge < -0.3 is 14.6 Å². The van der Waals surface area contributed by atoms with Gasteiger partial charge in [0.2, 0.25) is 0 Å². The van der Waals surface area contributed by atoms with Gasteiger partial charge >= 0.3 is 0 Å². The minimum atomic E-state index is -2.25. The van der Waals surface area contributed by atoms with E-state index in [1.165, 1.54) is 0 Å². The molecule has 0 saturated carbocycles. The lowest BCUT2D eigenvalue weighted by atomic mass is 10.3. The molecule has 12 heavy (non-hydrogen) atoms. The van der Waals surface area contributed by atoms with E-state index in [9.17, 15) is 8.76 Å². The van der Waals surface area contributed by atoms with E-state index in [0.29, 0.717) is 5.69 Å². The zero-order valence-corrected chi connectivity index (χ0v) is 7.35. The fraction of sp³-hybridized carbons (Fsp3) is 0.143. The fourth-order valence-electron chi connectivity index (χ4n) is 0.801. The first-order chi connectivity index (χ1) is 5.72. The van der Waals surface area contributed by atoms with Crippen LogP contribution in [0.3, 0.4) is 0 Å². The van der Waals surface area contributed by atoms with E-state index in [0.717, 1.165) is 5.69 Å². The lowest BCUT2D eigenvalue weighted by molar-refractivity contribution is 0.542. The minimum absolute atomic E-state index is 0.558. The predicted molar refractivity (Wildman–Crippen MR) is 48.5 cm³/mol. The Morgan fingerprint density at radius 1 is 1.25 bits per heavy atom. The monoisotopic (exact) mass is 185 g/mol. The molecular weight excluding hydrogens is 176 g/mol. The van der Waals surface area contributed by atoms with Gasteiger partial charge in [-0.1, -0.05) is 0 Å². The number of anilines is 2. The average molecular weight is 185 g/mol. The summed E-state index contributed by atoms with van der Waals surface area (Å²) in [4.78, 5) is 0. The second-order valence-corrected chi connectivity index (χ2v) is 2.84. The van der Waals surface area contributed by atoms with Gasteiger partial charge in [-0.25, -0.2) is 0 Å². The van der Waals surface area contributed by atoms with Crippen LogP contribution in [0.4, 0.5) is 11.4 Å². The van der Waals surface area contributed by atoms with Gasteiger partial charge in [-0.2, -0.15) is 0 Å². The van der Waals surface area contributed by atoms with Crippen LogP contribution in [0.15, 0.2) is 24.3 Å². The van der Waals surface area contributed by atoms with Gasteiger partial charge in [0.05, 0.1) is 0 Å². The average Bonchev–Trinajstić information content (AvgIpc) is 2.05. The normalized spacial score (nSPS) is 12.2. The van der Waals surface area contributed by atoms with Crippen LogP contribution in [0.2, 0.25) is 0 Å². The Morgan fingerprint density at radius 3 is 2.17 bits per heavy atom. The topological polar surface area (TPSA) is 64.2 Å². The summed E-state index contributed by atoms with van der Waals surface area (Å²) >= 11 is -2.25. The van der Waals surface area contributed by atoms with E-state index in [4.69, 9.17) is 0 Å². The van der Waals surface area contributed by atoms with Crippen LogP contribution in [0.1, 0.15) is 0 Å². The molecule has 0 spiro atoms. The molecule has 66 valence electrons. The molecule has 1 aromatic rings. The van der Waals surface area contributed by atoms with Crippen LogP contribution in [-0.2, 0) is 11.3 Å². The number of rotatable bonds is 3. The van der Waals surface area contributed by atoms with Gasteiger partial charge in [-0.05, 0) is 24.3 Å². The second-order valence-electron chi connectivity index (χ2n) is 2.16. The van der Waals surface area contributed by atoms with Gasteiger partial charge in [-0.3, -0.25) is 4.21 Å². The van der Waals surface area contributed by atoms with E-state index in [2.05, 4.69) is 10.0 Å². The van der Waals surface area contributed by atoms with Crippen molar-refractivity contribution in [3.8, 4) is 0 Å². The largest absolute Gasteiger partial charge is 0.755 e. The number of benzene rings is 1. The lowest BCUT2D eigenvalue weighted by Gasteiger charge is -2.08. The lowest BCUT2D eigenvalue weighted by Crippen LogP contribution is -2.01. The van der Waals surface area contributed by atoms with Crippen molar-refractivity contribution in [2.75, 3.05) is 17.1 Å². The molecule has 0 heterocycles. The molecule has 0 saturated heterocycles. The molecule has 4 nitrogen and oxygen atoms in total. The summed E-state index contributed by atoms with van der Waals surface area (Å²) in [7, 11) is 1.80. The Morgan fingerprint density at radius 2 is 1.75 bits per heavy atom. The molecule has 0 amide bonds. The zero-order chi connectivity index (χ0) is 8.97. The van der Waals surface area contributed by atoms with Crippen molar-refractivity contribution in [2.45, 2.75) is 0 Å². The molecule has 1 atom stereocenters. The third-order valence-electron chi connectivity index (χ3n) is 1.37. The first kappa shape index (κ1) is 9.02. The smallest absolute Gasteiger partial charge is 0.0453 e. The van der Waals surface area contributed by atoms with Crippen LogP contribution in [0.5, 0.6) is 0 Å².